The molecule has 0 aromatic carbocycles. The molecule has 2 heterocycles. The Morgan fingerprint density at radius 1 is 0.625 bits per heavy atom. The monoisotopic (exact) mass is 478 g/mol. The Morgan fingerprint density at radius 3 is 1.41 bits per heavy atom. The average Bonchev–Trinajstić information content (AvgIpc) is 3.47. The van der Waals surface area contributed by atoms with Crippen molar-refractivity contribution in [2.24, 2.45) is 0 Å². The molecule has 0 atom stereocenters. The van der Waals surface area contributed by atoms with Crippen molar-refractivity contribution in [3.63, 3.8) is 0 Å². The summed E-state index contributed by atoms with van der Waals surface area (Å²) < 4.78 is 11.0. The molecule has 6 heteroatoms. The standard InChI is InChI=1S/C26H38O4S2/c1-3-5-7-9-11-13-17-29-25(27)21-15-19-31-23(21)24-22(16-20-32-24)26(28)30-18-14-12-10-8-6-4-2/h15-16,19-20H,3-14,17-18H2,1-2H3. The maximum atomic E-state index is 12.6. The quantitative estimate of drug-likeness (QED) is 0.169. The summed E-state index contributed by atoms with van der Waals surface area (Å²) >= 11 is 2.92. The van der Waals surface area contributed by atoms with Gasteiger partial charge < -0.3 is 9.47 Å². The summed E-state index contributed by atoms with van der Waals surface area (Å²) in [6.45, 7) is 5.29. The van der Waals surface area contributed by atoms with E-state index in [1.807, 2.05) is 10.8 Å². The number of hydrogen-bond donors (Lipinski definition) is 0. The fourth-order valence-electron chi connectivity index (χ4n) is 3.54. The summed E-state index contributed by atoms with van der Waals surface area (Å²) in [5.41, 5.74) is 1.07. The van der Waals surface area contributed by atoms with Gasteiger partial charge in [0.25, 0.3) is 0 Å². The van der Waals surface area contributed by atoms with E-state index in [1.165, 1.54) is 74.0 Å². The van der Waals surface area contributed by atoms with Gasteiger partial charge in [0.15, 0.2) is 0 Å². The second-order valence-corrected chi connectivity index (χ2v) is 9.97. The first-order valence-corrected chi connectivity index (χ1v) is 13.9. The predicted octanol–water partition coefficient (Wildman–Crippen LogP) is 8.51. The molecule has 0 N–H and O–H groups in total. The van der Waals surface area contributed by atoms with Gasteiger partial charge in [-0.05, 0) is 35.7 Å². The summed E-state index contributed by atoms with van der Waals surface area (Å²) in [5.74, 6) is -0.621. The largest absolute Gasteiger partial charge is 0.462 e. The zero-order valence-corrected chi connectivity index (χ0v) is 21.3. The molecule has 32 heavy (non-hydrogen) atoms. The van der Waals surface area contributed by atoms with Crippen LogP contribution in [0.5, 0.6) is 0 Å². The lowest BCUT2D eigenvalue weighted by Crippen LogP contribution is -2.08. The third-order valence-corrected chi connectivity index (χ3v) is 7.43. The number of ether oxygens (including phenoxy) is 2. The van der Waals surface area contributed by atoms with Crippen LogP contribution in [0.2, 0.25) is 0 Å². The van der Waals surface area contributed by atoms with Gasteiger partial charge in [-0.15, -0.1) is 22.7 Å². The third kappa shape index (κ3) is 9.07. The van der Waals surface area contributed by atoms with Crippen LogP contribution in [0.15, 0.2) is 22.9 Å². The molecule has 0 fully saturated rings. The van der Waals surface area contributed by atoms with Crippen molar-refractivity contribution in [1.29, 1.82) is 0 Å². The van der Waals surface area contributed by atoms with E-state index in [0.29, 0.717) is 24.3 Å². The van der Waals surface area contributed by atoms with Crippen molar-refractivity contribution < 1.29 is 19.1 Å². The molecular weight excluding hydrogens is 440 g/mol. The number of unbranched alkanes of at least 4 members (excludes halogenated alkanes) is 10. The van der Waals surface area contributed by atoms with Crippen LogP contribution in [0.1, 0.15) is 112 Å². The fourth-order valence-corrected chi connectivity index (χ4v) is 5.50. The van der Waals surface area contributed by atoms with Crippen LogP contribution in [-0.4, -0.2) is 25.2 Å². The summed E-state index contributed by atoms with van der Waals surface area (Å²) in [6.07, 6.45) is 13.8. The van der Waals surface area contributed by atoms with E-state index in [-0.39, 0.29) is 11.9 Å². The molecule has 0 spiro atoms. The Balaban J connectivity index is 1.84. The number of thiophene rings is 2. The summed E-state index contributed by atoms with van der Waals surface area (Å²) in [6, 6.07) is 3.57. The van der Waals surface area contributed by atoms with E-state index in [2.05, 4.69) is 13.8 Å². The highest BCUT2D eigenvalue weighted by Crippen LogP contribution is 2.37. The van der Waals surface area contributed by atoms with Crippen LogP contribution >= 0.6 is 22.7 Å². The Labute approximate surface area is 201 Å². The fraction of sp³-hybridized carbons (Fsp3) is 0.615. The van der Waals surface area contributed by atoms with Gasteiger partial charge in [-0.3, -0.25) is 0 Å². The lowest BCUT2D eigenvalue weighted by atomic mass is 10.1. The predicted molar refractivity (Wildman–Crippen MR) is 135 cm³/mol. The van der Waals surface area contributed by atoms with Crippen LogP contribution in [0.4, 0.5) is 0 Å². The van der Waals surface area contributed by atoms with E-state index in [0.717, 1.165) is 35.4 Å². The Hall–Kier alpha value is -1.66. The summed E-state index contributed by atoms with van der Waals surface area (Å²) in [5, 5.41) is 3.75. The first kappa shape index (κ1) is 26.6. The highest BCUT2D eigenvalue weighted by Gasteiger charge is 2.22. The molecule has 0 aliphatic heterocycles. The van der Waals surface area contributed by atoms with Crippen LogP contribution in [0.25, 0.3) is 9.75 Å². The molecule has 0 bridgehead atoms. The first-order chi connectivity index (χ1) is 15.7. The zero-order valence-electron chi connectivity index (χ0n) is 19.7. The Bertz CT molecular complexity index is 727. The molecule has 2 rings (SSSR count). The van der Waals surface area contributed by atoms with E-state index in [4.69, 9.17) is 9.47 Å². The van der Waals surface area contributed by atoms with Crippen LogP contribution < -0.4 is 0 Å². The Morgan fingerprint density at radius 2 is 1.00 bits per heavy atom. The van der Waals surface area contributed by atoms with E-state index < -0.39 is 0 Å². The van der Waals surface area contributed by atoms with Gasteiger partial charge in [-0.25, -0.2) is 9.59 Å². The van der Waals surface area contributed by atoms with Gasteiger partial charge in [0.05, 0.1) is 34.1 Å². The number of esters is 2. The molecule has 0 saturated heterocycles. The molecule has 178 valence electrons. The first-order valence-electron chi connectivity index (χ1n) is 12.2. The molecule has 2 aromatic heterocycles. The maximum absolute atomic E-state index is 12.6. The van der Waals surface area contributed by atoms with Crippen molar-refractivity contribution in [2.75, 3.05) is 13.2 Å². The smallest absolute Gasteiger partial charge is 0.339 e. The molecule has 0 amide bonds. The van der Waals surface area contributed by atoms with Gasteiger partial charge >= 0.3 is 11.9 Å². The van der Waals surface area contributed by atoms with Gasteiger partial charge in [0.1, 0.15) is 0 Å². The SMILES string of the molecule is CCCCCCCCOC(=O)c1ccsc1-c1sccc1C(=O)OCCCCCCCC. The molecule has 0 saturated carbocycles. The number of carbonyl (C=O) groups is 2. The number of carbonyl (C=O) groups excluding carboxylic acids is 2. The lowest BCUT2D eigenvalue weighted by molar-refractivity contribution is 0.0487. The second-order valence-electron chi connectivity index (χ2n) is 8.13. The topological polar surface area (TPSA) is 52.6 Å². The zero-order chi connectivity index (χ0) is 23.0. The van der Waals surface area contributed by atoms with Crippen molar-refractivity contribution >= 4 is 34.6 Å². The van der Waals surface area contributed by atoms with E-state index >= 15 is 0 Å². The molecular formula is C26H38O4S2. The van der Waals surface area contributed by atoms with E-state index in [1.54, 1.807) is 12.1 Å². The van der Waals surface area contributed by atoms with Crippen molar-refractivity contribution in [2.45, 2.75) is 90.9 Å². The van der Waals surface area contributed by atoms with Crippen LogP contribution in [0.3, 0.4) is 0 Å². The molecule has 4 nitrogen and oxygen atoms in total. The highest BCUT2D eigenvalue weighted by atomic mass is 32.1. The summed E-state index contributed by atoms with van der Waals surface area (Å²) in [7, 11) is 0. The van der Waals surface area contributed by atoms with Gasteiger partial charge in [-0.1, -0.05) is 78.1 Å². The van der Waals surface area contributed by atoms with Crippen molar-refractivity contribution in [1.82, 2.24) is 0 Å². The minimum absolute atomic E-state index is 0.311. The average molecular weight is 479 g/mol. The van der Waals surface area contributed by atoms with Gasteiger partial charge in [0.2, 0.25) is 0 Å². The van der Waals surface area contributed by atoms with Crippen molar-refractivity contribution in [3.05, 3.63) is 34.0 Å². The second kappa shape index (κ2) is 16.0. The summed E-state index contributed by atoms with van der Waals surface area (Å²) in [4.78, 5) is 26.8. The van der Waals surface area contributed by atoms with Crippen molar-refractivity contribution in [3.8, 4) is 9.75 Å². The lowest BCUT2D eigenvalue weighted by Gasteiger charge is -2.08. The van der Waals surface area contributed by atoms with Gasteiger partial charge in [-0.2, -0.15) is 0 Å². The number of hydrogen-bond acceptors (Lipinski definition) is 6. The molecule has 0 aliphatic rings. The van der Waals surface area contributed by atoms with Crippen LogP contribution in [-0.2, 0) is 9.47 Å². The molecule has 0 unspecified atom stereocenters. The highest BCUT2D eigenvalue weighted by molar-refractivity contribution is 7.21. The Kier molecular flexibility index (Phi) is 13.3. The molecule has 0 aliphatic carbocycles. The van der Waals surface area contributed by atoms with Gasteiger partial charge in [0, 0.05) is 0 Å². The van der Waals surface area contributed by atoms with E-state index in [9.17, 15) is 9.59 Å². The maximum Gasteiger partial charge on any atom is 0.339 e. The normalized spacial score (nSPS) is 10.9. The van der Waals surface area contributed by atoms with Crippen LogP contribution in [0, 0.1) is 0 Å². The molecule has 2 aromatic rings. The minimum Gasteiger partial charge on any atom is -0.462 e. The minimum atomic E-state index is -0.311. The molecule has 0 radical (unpaired) electrons. The number of rotatable bonds is 17. The third-order valence-electron chi connectivity index (χ3n) is 5.44.